The van der Waals surface area contributed by atoms with E-state index >= 15 is 0 Å². The Hall–Kier alpha value is -4.22. The van der Waals surface area contributed by atoms with Crippen LogP contribution in [0.5, 0.6) is 0 Å². The highest BCUT2D eigenvalue weighted by molar-refractivity contribution is 6.14. The van der Waals surface area contributed by atoms with Crippen molar-refractivity contribution in [1.82, 2.24) is 20.9 Å². The van der Waals surface area contributed by atoms with Gasteiger partial charge in [0.25, 0.3) is 11.8 Å². The third kappa shape index (κ3) is 7.73. The minimum atomic E-state index is -0.972. The molecule has 1 atom stereocenters. The second kappa shape index (κ2) is 12.1. The van der Waals surface area contributed by atoms with Crippen molar-refractivity contribution in [3.8, 4) is 0 Å². The number of nitrogens with one attached hydrogen (secondary N) is 4. The van der Waals surface area contributed by atoms with E-state index in [1.54, 1.807) is 38.1 Å². The van der Waals surface area contributed by atoms with Crippen LogP contribution in [0, 0.1) is 5.92 Å². The molecule has 2 rings (SSSR count). The van der Waals surface area contributed by atoms with Crippen molar-refractivity contribution in [1.29, 1.82) is 0 Å². The Bertz CT molecular complexity index is 970. The Balaban J connectivity index is 1.82. The van der Waals surface area contributed by atoms with Crippen LogP contribution in [0.2, 0.25) is 0 Å². The standard InChI is InChI=1S/C22H27N5O7/c1-13(2)20(26-17(29)11-27-18(30)8-9-19(27)31)21(32)24-10-16(28)25-15-6-4-14(5-7-15)12-34-22(33)23-3/h4-9,13,20H,10-12H2,1-3H3,(H,23,33)(H,24,32)(H,25,28)(H,26,29). The van der Waals surface area contributed by atoms with Gasteiger partial charge in [-0.05, 0) is 23.6 Å². The topological polar surface area (TPSA) is 163 Å². The maximum atomic E-state index is 12.5. The minimum Gasteiger partial charge on any atom is -0.445 e. The molecule has 0 bridgehead atoms. The van der Waals surface area contributed by atoms with Crippen molar-refractivity contribution in [2.24, 2.45) is 5.92 Å². The first-order valence-corrected chi connectivity index (χ1v) is 10.4. The van der Waals surface area contributed by atoms with Crippen molar-refractivity contribution in [3.05, 3.63) is 42.0 Å². The van der Waals surface area contributed by atoms with E-state index in [-0.39, 0.29) is 19.1 Å². The van der Waals surface area contributed by atoms with Gasteiger partial charge in [-0.2, -0.15) is 0 Å². The molecule has 1 aliphatic heterocycles. The number of hydrogen-bond donors (Lipinski definition) is 4. The molecular formula is C22H27N5O7. The number of hydrogen-bond acceptors (Lipinski definition) is 7. The summed E-state index contributed by atoms with van der Waals surface area (Å²) in [6.45, 7) is 2.63. The van der Waals surface area contributed by atoms with E-state index in [1.807, 2.05) is 0 Å². The van der Waals surface area contributed by atoms with Gasteiger partial charge in [-0.1, -0.05) is 26.0 Å². The second-order valence-corrected chi connectivity index (χ2v) is 7.67. The smallest absolute Gasteiger partial charge is 0.407 e. The predicted molar refractivity (Wildman–Crippen MR) is 120 cm³/mol. The van der Waals surface area contributed by atoms with Crippen molar-refractivity contribution < 1.29 is 33.5 Å². The van der Waals surface area contributed by atoms with E-state index in [0.717, 1.165) is 22.6 Å². The number of ether oxygens (including phenoxy) is 1. The number of alkyl carbamates (subject to hydrolysis) is 1. The van der Waals surface area contributed by atoms with Crippen molar-refractivity contribution in [3.63, 3.8) is 0 Å². The van der Waals surface area contributed by atoms with Gasteiger partial charge < -0.3 is 26.0 Å². The fourth-order valence-electron chi connectivity index (χ4n) is 2.87. The summed E-state index contributed by atoms with van der Waals surface area (Å²) in [6.07, 6.45) is 1.57. The van der Waals surface area contributed by atoms with Gasteiger partial charge in [0, 0.05) is 24.9 Å². The van der Waals surface area contributed by atoms with Crippen LogP contribution in [0.15, 0.2) is 36.4 Å². The fraction of sp³-hybridized carbons (Fsp3) is 0.364. The summed E-state index contributed by atoms with van der Waals surface area (Å²) in [5.74, 6) is -3.28. The van der Waals surface area contributed by atoms with E-state index < -0.39 is 48.2 Å². The van der Waals surface area contributed by atoms with Gasteiger partial charge in [0.2, 0.25) is 17.7 Å². The molecule has 34 heavy (non-hydrogen) atoms. The lowest BCUT2D eigenvalue weighted by Crippen LogP contribution is -2.53. The lowest BCUT2D eigenvalue weighted by atomic mass is 10.0. The molecule has 1 unspecified atom stereocenters. The molecular weight excluding hydrogens is 446 g/mol. The van der Waals surface area contributed by atoms with E-state index in [4.69, 9.17) is 4.74 Å². The van der Waals surface area contributed by atoms with Crippen LogP contribution in [0.25, 0.3) is 0 Å². The fourth-order valence-corrected chi connectivity index (χ4v) is 2.87. The number of imide groups is 1. The highest BCUT2D eigenvalue weighted by Crippen LogP contribution is 2.10. The van der Waals surface area contributed by atoms with Gasteiger partial charge in [0.05, 0.1) is 6.54 Å². The molecule has 0 aromatic heterocycles. The molecule has 1 aromatic carbocycles. The van der Waals surface area contributed by atoms with Gasteiger partial charge in [0.15, 0.2) is 0 Å². The molecule has 1 heterocycles. The van der Waals surface area contributed by atoms with E-state index in [9.17, 15) is 28.8 Å². The number of rotatable bonds is 10. The summed E-state index contributed by atoms with van der Waals surface area (Å²) in [6, 6.07) is 5.62. The predicted octanol–water partition coefficient (Wildman–Crippen LogP) is -0.337. The summed E-state index contributed by atoms with van der Waals surface area (Å²) in [7, 11) is 1.45. The Labute approximate surface area is 196 Å². The maximum Gasteiger partial charge on any atom is 0.407 e. The van der Waals surface area contributed by atoms with E-state index in [1.165, 1.54) is 7.05 Å². The van der Waals surface area contributed by atoms with Gasteiger partial charge in [-0.15, -0.1) is 0 Å². The SMILES string of the molecule is CNC(=O)OCc1ccc(NC(=O)CNC(=O)C(NC(=O)CN2C(=O)C=CC2=O)C(C)C)cc1. The first-order chi connectivity index (χ1) is 16.1. The molecule has 12 nitrogen and oxygen atoms in total. The number of nitrogens with zero attached hydrogens (tertiary/aromatic N) is 1. The third-order valence-electron chi connectivity index (χ3n) is 4.70. The molecule has 0 saturated heterocycles. The molecule has 0 spiro atoms. The molecule has 1 aliphatic rings. The van der Waals surface area contributed by atoms with Crippen LogP contribution in [0.1, 0.15) is 19.4 Å². The number of anilines is 1. The molecule has 12 heteroatoms. The van der Waals surface area contributed by atoms with Crippen LogP contribution in [0.3, 0.4) is 0 Å². The molecule has 0 aliphatic carbocycles. The molecule has 182 valence electrons. The number of amides is 6. The number of carbonyl (C=O) groups is 6. The molecule has 0 radical (unpaired) electrons. The summed E-state index contributed by atoms with van der Waals surface area (Å²) >= 11 is 0. The van der Waals surface area contributed by atoms with Crippen LogP contribution in [-0.4, -0.2) is 66.7 Å². The lowest BCUT2D eigenvalue weighted by Gasteiger charge is -2.23. The van der Waals surface area contributed by atoms with Crippen molar-refractivity contribution in [2.75, 3.05) is 25.5 Å². The molecule has 0 fully saturated rings. The monoisotopic (exact) mass is 473 g/mol. The molecule has 0 saturated carbocycles. The lowest BCUT2D eigenvalue weighted by molar-refractivity contribution is -0.141. The Morgan fingerprint density at radius 1 is 0.971 bits per heavy atom. The second-order valence-electron chi connectivity index (χ2n) is 7.67. The number of benzene rings is 1. The van der Waals surface area contributed by atoms with Gasteiger partial charge in [-0.25, -0.2) is 4.79 Å². The zero-order chi connectivity index (χ0) is 25.3. The minimum absolute atomic E-state index is 0.0723. The zero-order valence-corrected chi connectivity index (χ0v) is 19.0. The summed E-state index contributed by atoms with van der Waals surface area (Å²) < 4.78 is 4.93. The molecule has 4 N–H and O–H groups in total. The Morgan fingerprint density at radius 3 is 2.15 bits per heavy atom. The Morgan fingerprint density at radius 2 is 1.59 bits per heavy atom. The van der Waals surface area contributed by atoms with Crippen LogP contribution in [-0.2, 0) is 35.3 Å². The van der Waals surface area contributed by atoms with E-state index in [0.29, 0.717) is 5.69 Å². The summed E-state index contributed by atoms with van der Waals surface area (Å²) in [4.78, 5) is 72.0. The maximum absolute atomic E-state index is 12.5. The normalized spacial score (nSPS) is 13.5. The molecule has 1 aromatic rings. The van der Waals surface area contributed by atoms with Gasteiger partial charge >= 0.3 is 6.09 Å². The van der Waals surface area contributed by atoms with Gasteiger partial charge in [-0.3, -0.25) is 28.9 Å². The quantitative estimate of drug-likeness (QED) is 0.338. The van der Waals surface area contributed by atoms with Crippen molar-refractivity contribution in [2.45, 2.75) is 26.5 Å². The largest absolute Gasteiger partial charge is 0.445 e. The number of carbonyl (C=O) groups excluding carboxylic acids is 6. The Kier molecular flexibility index (Phi) is 9.29. The summed E-state index contributed by atoms with van der Waals surface area (Å²) in [5, 5.41) is 9.90. The van der Waals surface area contributed by atoms with E-state index in [2.05, 4.69) is 21.3 Å². The molecule has 6 amide bonds. The third-order valence-corrected chi connectivity index (χ3v) is 4.70. The van der Waals surface area contributed by atoms with Gasteiger partial charge in [0.1, 0.15) is 19.2 Å². The first-order valence-electron chi connectivity index (χ1n) is 10.4. The van der Waals surface area contributed by atoms with Crippen LogP contribution < -0.4 is 21.3 Å². The highest BCUT2D eigenvalue weighted by Gasteiger charge is 2.29. The van der Waals surface area contributed by atoms with Crippen LogP contribution in [0.4, 0.5) is 10.5 Å². The summed E-state index contributed by atoms with van der Waals surface area (Å²) in [5.41, 5.74) is 1.20. The van der Waals surface area contributed by atoms with Crippen molar-refractivity contribution >= 4 is 41.3 Å². The van der Waals surface area contributed by atoms with Crippen LogP contribution >= 0.6 is 0 Å². The average Bonchev–Trinajstić information content (AvgIpc) is 3.12. The first kappa shape index (κ1) is 26.0. The average molecular weight is 473 g/mol. The highest BCUT2D eigenvalue weighted by atomic mass is 16.5. The zero-order valence-electron chi connectivity index (χ0n) is 19.0.